The summed E-state index contributed by atoms with van der Waals surface area (Å²) in [5, 5.41) is -1.32. The molecular weight excluding hydrogens is 312 g/mol. The molecule has 1 saturated heterocycles. The lowest BCUT2D eigenvalue weighted by Crippen LogP contribution is -2.37. The second kappa shape index (κ2) is 5.42. The van der Waals surface area contributed by atoms with E-state index in [0.29, 0.717) is 10.6 Å². The molecule has 4 nitrogen and oxygen atoms in total. The molecule has 21 heavy (non-hydrogen) atoms. The number of hydrogen-bond donors (Lipinski definition) is 0. The molecule has 0 bridgehead atoms. The summed E-state index contributed by atoms with van der Waals surface area (Å²) >= 11 is 5.82. The molecule has 1 fully saturated rings. The number of hydrogen-bond acceptors (Lipinski definition) is 4. The predicted molar refractivity (Wildman–Crippen MR) is 78.7 cm³/mol. The third-order valence-corrected chi connectivity index (χ3v) is 5.60. The van der Waals surface area contributed by atoms with Gasteiger partial charge in [-0.1, -0.05) is 41.9 Å². The maximum Gasteiger partial charge on any atom is 0.306 e. The molecule has 0 amide bonds. The van der Waals surface area contributed by atoms with E-state index in [0.717, 1.165) is 0 Å². The second-order valence-corrected chi connectivity index (χ2v) is 7.03. The molecule has 2 aromatic rings. The largest absolute Gasteiger partial charge is 0.331 e. The average Bonchev–Trinajstić information content (AvgIpc) is 3.00. The predicted octanol–water partition coefficient (Wildman–Crippen LogP) is 2.97. The number of ether oxygens (including phenoxy) is 2. The molecular formula is C15H13ClO4S. The van der Waals surface area contributed by atoms with Gasteiger partial charge in [-0.2, -0.15) is 0 Å². The Morgan fingerprint density at radius 1 is 0.905 bits per heavy atom. The van der Waals surface area contributed by atoms with Crippen molar-refractivity contribution < 1.29 is 17.9 Å². The van der Waals surface area contributed by atoms with Crippen LogP contribution in [0.3, 0.4) is 0 Å². The third-order valence-electron chi connectivity index (χ3n) is 3.27. The molecule has 3 rings (SSSR count). The van der Waals surface area contributed by atoms with Crippen molar-refractivity contribution in [2.45, 2.75) is 10.0 Å². The minimum Gasteiger partial charge on any atom is -0.331 e. The summed E-state index contributed by atoms with van der Waals surface area (Å²) in [6.45, 7) is 0.448. The van der Waals surface area contributed by atoms with Crippen LogP contribution in [0.4, 0.5) is 0 Å². The fraction of sp³-hybridized carbons (Fsp3) is 0.200. The minimum atomic E-state index is -3.87. The Kier molecular flexibility index (Phi) is 3.75. The minimum absolute atomic E-state index is 0.109. The van der Waals surface area contributed by atoms with Crippen LogP contribution in [0.5, 0.6) is 0 Å². The zero-order chi connectivity index (χ0) is 14.9. The van der Waals surface area contributed by atoms with Crippen LogP contribution in [0.1, 0.15) is 5.56 Å². The maximum atomic E-state index is 13.0. The van der Waals surface area contributed by atoms with E-state index in [1.54, 1.807) is 30.3 Å². The molecule has 2 aromatic carbocycles. The molecule has 1 aliphatic rings. The molecule has 0 N–H and O–H groups in total. The maximum absolute atomic E-state index is 13.0. The van der Waals surface area contributed by atoms with Gasteiger partial charge in [0.05, 0.1) is 18.1 Å². The van der Waals surface area contributed by atoms with Crippen LogP contribution in [0.2, 0.25) is 5.02 Å². The lowest BCUT2D eigenvalue weighted by Gasteiger charge is -2.27. The highest BCUT2D eigenvalue weighted by molar-refractivity contribution is 7.92. The highest BCUT2D eigenvalue weighted by Gasteiger charge is 2.52. The van der Waals surface area contributed by atoms with Crippen molar-refractivity contribution in [3.8, 4) is 0 Å². The Morgan fingerprint density at radius 3 is 2.05 bits per heavy atom. The Hall–Kier alpha value is -1.40. The van der Waals surface area contributed by atoms with Crippen LogP contribution in [-0.4, -0.2) is 21.6 Å². The fourth-order valence-electron chi connectivity index (χ4n) is 2.28. The van der Waals surface area contributed by atoms with Crippen LogP contribution in [-0.2, 0) is 24.4 Å². The van der Waals surface area contributed by atoms with Crippen LogP contribution in [0, 0.1) is 0 Å². The van der Waals surface area contributed by atoms with Gasteiger partial charge in [-0.25, -0.2) is 8.42 Å². The number of halogens is 1. The first-order valence-corrected chi connectivity index (χ1v) is 8.26. The molecule has 0 aromatic heterocycles. The fourth-order valence-corrected chi connectivity index (χ4v) is 4.14. The molecule has 0 spiro atoms. The summed E-state index contributed by atoms with van der Waals surface area (Å²) in [6, 6.07) is 14.6. The van der Waals surface area contributed by atoms with Crippen LogP contribution in [0.25, 0.3) is 0 Å². The Balaban J connectivity index is 2.15. The van der Waals surface area contributed by atoms with Crippen molar-refractivity contribution in [2.24, 2.45) is 0 Å². The molecule has 110 valence electrons. The Morgan fingerprint density at radius 2 is 1.48 bits per heavy atom. The highest BCUT2D eigenvalue weighted by Crippen LogP contribution is 2.40. The lowest BCUT2D eigenvalue weighted by atomic mass is 10.2. The topological polar surface area (TPSA) is 52.6 Å². The zero-order valence-electron chi connectivity index (χ0n) is 11.0. The van der Waals surface area contributed by atoms with E-state index >= 15 is 0 Å². The first kappa shape index (κ1) is 14.5. The molecule has 0 aliphatic carbocycles. The lowest BCUT2D eigenvalue weighted by molar-refractivity contribution is -0.0903. The van der Waals surface area contributed by atoms with E-state index in [1.165, 1.54) is 24.3 Å². The van der Waals surface area contributed by atoms with Crippen molar-refractivity contribution in [1.29, 1.82) is 0 Å². The summed E-state index contributed by atoms with van der Waals surface area (Å²) < 4.78 is 37.0. The van der Waals surface area contributed by atoms with Crippen molar-refractivity contribution in [3.05, 3.63) is 65.2 Å². The van der Waals surface area contributed by atoms with Gasteiger partial charge in [0, 0.05) is 10.6 Å². The Labute approximate surface area is 128 Å². The summed E-state index contributed by atoms with van der Waals surface area (Å²) in [4.78, 5) is 0.109. The quantitative estimate of drug-likeness (QED) is 0.871. The normalized spacial score (nSPS) is 17.8. The number of benzene rings is 2. The molecule has 1 aliphatic heterocycles. The van der Waals surface area contributed by atoms with Gasteiger partial charge in [0.15, 0.2) is 0 Å². The van der Waals surface area contributed by atoms with E-state index in [9.17, 15) is 8.42 Å². The summed E-state index contributed by atoms with van der Waals surface area (Å²) in [5.41, 5.74) is 0.456. The SMILES string of the molecule is O=S(=O)(c1ccc(Cl)cc1)C1(c2ccccc2)OCCO1. The van der Waals surface area contributed by atoms with Crippen LogP contribution < -0.4 is 0 Å². The van der Waals surface area contributed by atoms with Crippen molar-refractivity contribution >= 4 is 21.4 Å². The average molecular weight is 325 g/mol. The number of sulfone groups is 1. The van der Waals surface area contributed by atoms with Gasteiger partial charge in [-0.15, -0.1) is 0 Å². The summed E-state index contributed by atoms with van der Waals surface area (Å²) in [5.74, 6) is 0. The summed E-state index contributed by atoms with van der Waals surface area (Å²) in [6.07, 6.45) is 0. The smallest absolute Gasteiger partial charge is 0.306 e. The molecule has 0 saturated carbocycles. The van der Waals surface area contributed by atoms with Gasteiger partial charge in [-0.3, -0.25) is 0 Å². The van der Waals surface area contributed by atoms with Crippen LogP contribution in [0.15, 0.2) is 59.5 Å². The van der Waals surface area contributed by atoms with E-state index in [2.05, 4.69) is 0 Å². The van der Waals surface area contributed by atoms with Crippen molar-refractivity contribution in [3.63, 3.8) is 0 Å². The first-order valence-electron chi connectivity index (χ1n) is 6.40. The van der Waals surface area contributed by atoms with E-state index in [-0.39, 0.29) is 18.1 Å². The van der Waals surface area contributed by atoms with Gasteiger partial charge in [0.1, 0.15) is 0 Å². The van der Waals surface area contributed by atoms with Gasteiger partial charge < -0.3 is 9.47 Å². The van der Waals surface area contributed by atoms with E-state index in [4.69, 9.17) is 21.1 Å². The van der Waals surface area contributed by atoms with Crippen LogP contribution >= 0.6 is 11.6 Å². The van der Waals surface area contributed by atoms with Gasteiger partial charge in [0.25, 0.3) is 0 Å². The highest BCUT2D eigenvalue weighted by atomic mass is 35.5. The molecule has 0 atom stereocenters. The van der Waals surface area contributed by atoms with Crippen molar-refractivity contribution in [1.82, 2.24) is 0 Å². The van der Waals surface area contributed by atoms with E-state index < -0.39 is 15.0 Å². The monoisotopic (exact) mass is 324 g/mol. The zero-order valence-corrected chi connectivity index (χ0v) is 12.6. The second-order valence-electron chi connectivity index (χ2n) is 4.58. The molecule has 1 heterocycles. The van der Waals surface area contributed by atoms with Gasteiger partial charge in [-0.05, 0) is 24.3 Å². The van der Waals surface area contributed by atoms with Gasteiger partial charge in [0.2, 0.25) is 9.84 Å². The summed E-state index contributed by atoms with van der Waals surface area (Å²) in [7, 11) is -3.87. The standard InChI is InChI=1S/C15H13ClO4S/c16-13-6-8-14(9-7-13)21(17,18)15(19-10-11-20-15)12-4-2-1-3-5-12/h1-9H,10-11H2. The van der Waals surface area contributed by atoms with Gasteiger partial charge >= 0.3 is 5.12 Å². The molecule has 0 unspecified atom stereocenters. The van der Waals surface area contributed by atoms with E-state index in [1.807, 2.05) is 0 Å². The molecule has 6 heteroatoms. The first-order chi connectivity index (χ1) is 10.1. The Bertz CT molecular complexity index is 720. The van der Waals surface area contributed by atoms with Crippen molar-refractivity contribution in [2.75, 3.05) is 13.2 Å². The third kappa shape index (κ3) is 2.36. The molecule has 0 radical (unpaired) electrons. The number of rotatable bonds is 3.